The van der Waals surface area contributed by atoms with E-state index in [1.54, 1.807) is 43.3 Å². The van der Waals surface area contributed by atoms with Crippen molar-refractivity contribution in [2.75, 3.05) is 20.2 Å². The molecule has 0 radical (unpaired) electrons. The van der Waals surface area contributed by atoms with Crippen LogP contribution in [-0.4, -0.2) is 91.0 Å². The molecule has 0 spiro atoms. The van der Waals surface area contributed by atoms with E-state index in [0.717, 1.165) is 56.5 Å². The Kier molecular flexibility index (Phi) is 11.5. The summed E-state index contributed by atoms with van der Waals surface area (Å²) < 4.78 is 34.3. The molecular formula is C46H46F2N8O6. The fraction of sp³-hybridized carbons (Fsp3) is 0.304. The number of hydrogen-bond donors (Lipinski definition) is 5. The minimum atomic E-state index is -3.16. The Morgan fingerprint density at radius 1 is 0.774 bits per heavy atom. The highest BCUT2D eigenvalue weighted by Crippen LogP contribution is 2.41. The maximum atomic E-state index is 14.7. The zero-order valence-corrected chi connectivity index (χ0v) is 34.3. The number of carboxylic acid groups (broad SMARTS) is 1. The van der Waals surface area contributed by atoms with Crippen LogP contribution in [0.3, 0.4) is 0 Å². The lowest BCUT2D eigenvalue weighted by atomic mass is 9.98. The number of alkyl carbamates (subject to hydrolysis) is 1. The highest BCUT2D eigenvalue weighted by Gasteiger charge is 2.50. The predicted octanol–water partition coefficient (Wildman–Crippen LogP) is 8.25. The predicted molar refractivity (Wildman–Crippen MR) is 227 cm³/mol. The number of H-pyrrole nitrogens is 2. The van der Waals surface area contributed by atoms with E-state index >= 15 is 0 Å². The number of rotatable bonds is 11. The molecule has 5 N–H and O–H groups in total. The van der Waals surface area contributed by atoms with E-state index in [2.05, 4.69) is 43.8 Å². The molecule has 0 aliphatic carbocycles. The number of imidazole rings is 2. The van der Waals surface area contributed by atoms with Gasteiger partial charge in [-0.25, -0.2) is 28.3 Å². The van der Waals surface area contributed by atoms with Gasteiger partial charge < -0.3 is 40.2 Å². The van der Waals surface area contributed by atoms with E-state index in [1.165, 1.54) is 7.11 Å². The van der Waals surface area contributed by atoms with Crippen LogP contribution in [0.4, 0.5) is 18.4 Å². The third-order valence-corrected chi connectivity index (χ3v) is 11.6. The van der Waals surface area contributed by atoms with Gasteiger partial charge in [0.05, 0.1) is 49.5 Å². The number of nitrogens with zero attached hydrogens (tertiary/aromatic N) is 4. The molecule has 62 heavy (non-hydrogen) atoms. The number of amides is 4. The lowest BCUT2D eigenvalue weighted by Crippen LogP contribution is -2.51. The number of nitrogens with one attached hydrogen (secondary N) is 4. The largest absolute Gasteiger partial charge is 0.465 e. The molecule has 2 aliphatic rings. The standard InChI is InChI=1S/C46H46F2N8O6/c1-26(2)38(53-44(59)60)42(57)56-25-46(47,48)22-37(56)41-50-23-34(51-41)28-13-11-27(12-14-28)30-15-16-32-21-33(18-17-31(32)20-30)35-24-49-40(52-35)36-10-7-19-55(36)43(58)39(54-45(61)62-3)29-8-5-4-6-9-29/h4-6,8-9,11-18,20-21,23-24,26,36-39,53H,7,10,19,22,25H2,1-3H3,(H,49,52)(H,50,51)(H,54,61)(H,59,60). The second kappa shape index (κ2) is 17.1. The van der Waals surface area contributed by atoms with Crippen molar-refractivity contribution in [2.45, 2.75) is 63.2 Å². The minimum Gasteiger partial charge on any atom is -0.465 e. The number of aromatic nitrogens is 4. The molecule has 0 saturated carbocycles. The van der Waals surface area contributed by atoms with Gasteiger partial charge in [0.2, 0.25) is 5.91 Å². The Balaban J connectivity index is 0.958. The van der Waals surface area contributed by atoms with E-state index in [1.807, 2.05) is 60.7 Å². The molecule has 0 bridgehead atoms. The molecule has 8 rings (SSSR count). The van der Waals surface area contributed by atoms with Crippen LogP contribution >= 0.6 is 0 Å². The van der Waals surface area contributed by atoms with Gasteiger partial charge in [0.1, 0.15) is 23.7 Å². The summed E-state index contributed by atoms with van der Waals surface area (Å²) in [6.07, 6.45) is 2.11. The molecule has 2 saturated heterocycles. The first kappa shape index (κ1) is 41.6. The fourth-order valence-corrected chi connectivity index (χ4v) is 8.45. The van der Waals surface area contributed by atoms with E-state index in [0.29, 0.717) is 23.6 Å². The summed E-state index contributed by atoms with van der Waals surface area (Å²) in [5.74, 6) is -3.70. The van der Waals surface area contributed by atoms with Gasteiger partial charge in [0, 0.05) is 18.5 Å². The topological polar surface area (TPSA) is 186 Å². The number of likely N-dealkylation sites (tertiary alicyclic amines) is 2. The fourth-order valence-electron chi connectivity index (χ4n) is 8.45. The number of aromatic amines is 2. The van der Waals surface area contributed by atoms with E-state index in [-0.39, 0.29) is 17.8 Å². The quantitative estimate of drug-likeness (QED) is 0.0863. The molecule has 2 aromatic heterocycles. The maximum Gasteiger partial charge on any atom is 0.407 e. The zero-order chi connectivity index (χ0) is 43.7. The summed E-state index contributed by atoms with van der Waals surface area (Å²) in [6.45, 7) is 3.00. The Bertz CT molecular complexity index is 2610. The van der Waals surface area contributed by atoms with Crippen molar-refractivity contribution >= 4 is 34.8 Å². The number of hydrogen-bond acceptors (Lipinski definition) is 7. The van der Waals surface area contributed by atoms with Crippen molar-refractivity contribution in [2.24, 2.45) is 5.92 Å². The molecular weight excluding hydrogens is 799 g/mol. The monoisotopic (exact) mass is 844 g/mol. The number of carbonyl (C=O) groups is 4. The van der Waals surface area contributed by atoms with Crippen molar-refractivity contribution in [1.82, 2.24) is 40.4 Å². The molecule has 4 unspecified atom stereocenters. The third kappa shape index (κ3) is 8.58. The smallest absolute Gasteiger partial charge is 0.407 e. The van der Waals surface area contributed by atoms with Gasteiger partial charge in [-0.05, 0) is 63.9 Å². The maximum absolute atomic E-state index is 14.7. The van der Waals surface area contributed by atoms with Crippen LogP contribution in [0.2, 0.25) is 0 Å². The molecule has 320 valence electrons. The summed E-state index contributed by atoms with van der Waals surface area (Å²) in [7, 11) is 1.27. The number of ether oxygens (including phenoxy) is 1. The average Bonchev–Trinajstić information content (AvgIpc) is 4.11. The summed E-state index contributed by atoms with van der Waals surface area (Å²) >= 11 is 0. The molecule has 6 aromatic rings. The molecule has 4 aromatic carbocycles. The average molecular weight is 845 g/mol. The highest BCUT2D eigenvalue weighted by molar-refractivity contribution is 5.91. The Labute approximate surface area is 355 Å². The van der Waals surface area contributed by atoms with Gasteiger partial charge >= 0.3 is 12.2 Å². The zero-order valence-electron chi connectivity index (χ0n) is 34.3. The van der Waals surface area contributed by atoms with Crippen molar-refractivity contribution in [3.05, 3.63) is 121 Å². The van der Waals surface area contributed by atoms with E-state index < -0.39 is 61.0 Å². The van der Waals surface area contributed by atoms with Gasteiger partial charge in [0.15, 0.2) is 0 Å². The normalized spacial score (nSPS) is 18.2. The Morgan fingerprint density at radius 3 is 2.02 bits per heavy atom. The summed E-state index contributed by atoms with van der Waals surface area (Å²) in [4.78, 5) is 69.3. The van der Waals surface area contributed by atoms with Crippen molar-refractivity contribution in [3.8, 4) is 33.6 Å². The number of carbonyl (C=O) groups excluding carboxylic acids is 3. The lowest BCUT2D eigenvalue weighted by molar-refractivity contribution is -0.136. The molecule has 2 fully saturated rings. The second-order valence-corrected chi connectivity index (χ2v) is 16.1. The van der Waals surface area contributed by atoms with Crippen LogP contribution in [-0.2, 0) is 14.3 Å². The first-order valence-electron chi connectivity index (χ1n) is 20.4. The van der Waals surface area contributed by atoms with Gasteiger partial charge in [-0.1, -0.05) is 92.7 Å². The summed E-state index contributed by atoms with van der Waals surface area (Å²) in [6, 6.07) is 25.7. The summed E-state index contributed by atoms with van der Waals surface area (Å²) in [5, 5.41) is 16.2. The summed E-state index contributed by atoms with van der Waals surface area (Å²) in [5.41, 5.74) is 5.71. The van der Waals surface area contributed by atoms with Crippen LogP contribution in [0.25, 0.3) is 44.4 Å². The Hall–Kier alpha value is -7.10. The van der Waals surface area contributed by atoms with E-state index in [9.17, 15) is 33.1 Å². The molecule has 4 atom stereocenters. The number of methoxy groups -OCH3 is 1. The van der Waals surface area contributed by atoms with Crippen LogP contribution in [0.15, 0.2) is 103 Å². The van der Waals surface area contributed by atoms with Gasteiger partial charge in [-0.3, -0.25) is 9.59 Å². The molecule has 16 heteroatoms. The lowest BCUT2D eigenvalue weighted by Gasteiger charge is -2.29. The molecule has 4 amide bonds. The molecule has 4 heterocycles. The molecule has 14 nitrogen and oxygen atoms in total. The number of halogens is 2. The SMILES string of the molecule is COC(=O)NC(C(=O)N1CCCC1c1ncc(-c2ccc3cc(-c4ccc(-c5cnc(C6CC(F)(F)CN6C(=O)C(NC(=O)O)C(C)C)[nH]5)cc4)ccc3c2)[nH]1)c1ccccc1. The number of benzene rings is 4. The first-order valence-corrected chi connectivity index (χ1v) is 20.4. The van der Waals surface area contributed by atoms with E-state index in [4.69, 9.17) is 9.72 Å². The van der Waals surface area contributed by atoms with Gasteiger partial charge in [0.25, 0.3) is 11.8 Å². The third-order valence-electron chi connectivity index (χ3n) is 11.6. The van der Waals surface area contributed by atoms with Crippen molar-refractivity contribution in [1.29, 1.82) is 0 Å². The van der Waals surface area contributed by atoms with Crippen LogP contribution < -0.4 is 10.6 Å². The minimum absolute atomic E-state index is 0.199. The van der Waals surface area contributed by atoms with Crippen molar-refractivity contribution < 1.29 is 37.8 Å². The van der Waals surface area contributed by atoms with Crippen LogP contribution in [0.1, 0.15) is 68.4 Å². The second-order valence-electron chi connectivity index (χ2n) is 16.1. The molecule has 2 aliphatic heterocycles. The van der Waals surface area contributed by atoms with Crippen LogP contribution in [0.5, 0.6) is 0 Å². The highest BCUT2D eigenvalue weighted by atomic mass is 19.3. The number of alkyl halides is 2. The Morgan fingerprint density at radius 2 is 1.37 bits per heavy atom. The van der Waals surface area contributed by atoms with Crippen molar-refractivity contribution in [3.63, 3.8) is 0 Å². The number of fused-ring (bicyclic) bond motifs is 1. The van der Waals surface area contributed by atoms with Gasteiger partial charge in [-0.2, -0.15) is 0 Å². The van der Waals surface area contributed by atoms with Crippen LogP contribution in [0, 0.1) is 5.92 Å². The van der Waals surface area contributed by atoms with Gasteiger partial charge in [-0.15, -0.1) is 0 Å². The first-order chi connectivity index (χ1) is 29.8.